The van der Waals surface area contributed by atoms with Gasteiger partial charge in [-0.1, -0.05) is 180 Å². The van der Waals surface area contributed by atoms with Gasteiger partial charge in [-0.3, -0.25) is 14.4 Å². The molecule has 0 aromatic rings. The van der Waals surface area contributed by atoms with Crippen molar-refractivity contribution in [1.82, 2.24) is 0 Å². The number of ether oxygens (including phenoxy) is 3. The summed E-state index contributed by atoms with van der Waals surface area (Å²) in [4.78, 5) is 37.7. The van der Waals surface area contributed by atoms with Crippen molar-refractivity contribution >= 4 is 17.9 Å². The number of carbonyl (C=O) groups excluding carboxylic acids is 3. The van der Waals surface area contributed by atoms with Gasteiger partial charge in [-0.2, -0.15) is 0 Å². The average Bonchev–Trinajstić information content (AvgIpc) is 3.22. The number of rotatable bonds is 37. The van der Waals surface area contributed by atoms with Crippen molar-refractivity contribution in [2.45, 2.75) is 162 Å². The standard InChI is InChI=1S/C52H78O6/c1-4-7-10-13-16-19-22-24-25-26-28-30-33-36-39-42-45-51(54)57-48-49(47-56-50(53)44-41-38-35-32-29-21-18-15-12-9-6-3)58-52(55)46-43-40-37-34-31-27-23-20-17-14-11-8-5-2/h7-8,10-11,14-21,23-25,27-31,34,37,49H,4-6,9,12-13,22,26,32-33,35-36,38-48H2,1-3H3/b10-7-,11-8-,17-14-,18-15-,19-16-,23-20-,25-24-,29-21-,30-28-,31-27-,37-34-. The molecule has 0 aromatic carbocycles. The molecule has 0 N–H and O–H groups in total. The normalized spacial score (nSPS) is 13.4. The minimum Gasteiger partial charge on any atom is -0.462 e. The molecule has 6 nitrogen and oxygen atoms in total. The summed E-state index contributed by atoms with van der Waals surface area (Å²) in [5.74, 6) is -1.09. The molecule has 0 aromatic heterocycles. The summed E-state index contributed by atoms with van der Waals surface area (Å²) in [6, 6.07) is 0. The maximum absolute atomic E-state index is 12.7. The Balaban J connectivity index is 4.62. The van der Waals surface area contributed by atoms with Crippen molar-refractivity contribution in [2.75, 3.05) is 13.2 Å². The lowest BCUT2D eigenvalue weighted by molar-refractivity contribution is -0.167. The number of hydrogen-bond donors (Lipinski definition) is 0. The second-order valence-corrected chi connectivity index (χ2v) is 14.0. The van der Waals surface area contributed by atoms with Crippen LogP contribution in [0.3, 0.4) is 0 Å². The summed E-state index contributed by atoms with van der Waals surface area (Å²) in [7, 11) is 0. The Hall–Kier alpha value is -4.45. The Morgan fingerprint density at radius 3 is 1.29 bits per heavy atom. The molecule has 6 heteroatoms. The van der Waals surface area contributed by atoms with E-state index in [9.17, 15) is 14.4 Å². The van der Waals surface area contributed by atoms with Crippen LogP contribution in [0.1, 0.15) is 156 Å². The van der Waals surface area contributed by atoms with Gasteiger partial charge >= 0.3 is 17.9 Å². The van der Waals surface area contributed by atoms with Crippen LogP contribution >= 0.6 is 0 Å². The van der Waals surface area contributed by atoms with Crippen molar-refractivity contribution in [3.8, 4) is 0 Å². The van der Waals surface area contributed by atoms with E-state index in [1.807, 2.05) is 54.7 Å². The quantitative estimate of drug-likeness (QED) is 0.0205. The molecular formula is C52H78O6. The van der Waals surface area contributed by atoms with Crippen molar-refractivity contribution < 1.29 is 28.6 Å². The first-order valence-corrected chi connectivity index (χ1v) is 22.3. The summed E-state index contributed by atoms with van der Waals surface area (Å²) in [5, 5.41) is 0. The zero-order valence-electron chi connectivity index (χ0n) is 36.5. The van der Waals surface area contributed by atoms with Crippen LogP contribution in [0.4, 0.5) is 0 Å². The largest absolute Gasteiger partial charge is 0.462 e. The van der Waals surface area contributed by atoms with E-state index in [4.69, 9.17) is 14.2 Å². The van der Waals surface area contributed by atoms with Crippen LogP contribution in [0.25, 0.3) is 0 Å². The summed E-state index contributed by atoms with van der Waals surface area (Å²) in [6.45, 7) is 6.16. The summed E-state index contributed by atoms with van der Waals surface area (Å²) >= 11 is 0. The first kappa shape index (κ1) is 53.6. The fraction of sp³-hybridized carbons (Fsp3) is 0.519. The lowest BCUT2D eigenvalue weighted by Gasteiger charge is -2.18. The Morgan fingerprint density at radius 2 is 0.776 bits per heavy atom. The Bertz CT molecular complexity index is 1330. The molecule has 1 unspecified atom stereocenters. The molecule has 0 radical (unpaired) electrons. The van der Waals surface area contributed by atoms with E-state index in [0.717, 1.165) is 89.9 Å². The molecule has 0 saturated heterocycles. The van der Waals surface area contributed by atoms with Gasteiger partial charge in [0.05, 0.1) is 0 Å². The third-order valence-electron chi connectivity index (χ3n) is 8.53. The van der Waals surface area contributed by atoms with Gasteiger partial charge in [-0.05, 0) is 89.9 Å². The van der Waals surface area contributed by atoms with Crippen LogP contribution in [-0.2, 0) is 28.6 Å². The molecule has 0 aliphatic heterocycles. The minimum atomic E-state index is -0.842. The number of unbranched alkanes of at least 4 members (excludes halogenated alkanes) is 9. The van der Waals surface area contributed by atoms with E-state index in [0.29, 0.717) is 25.7 Å². The molecule has 0 heterocycles. The van der Waals surface area contributed by atoms with Gasteiger partial charge in [-0.15, -0.1) is 0 Å². The third kappa shape index (κ3) is 42.7. The van der Waals surface area contributed by atoms with Crippen molar-refractivity contribution in [2.24, 2.45) is 0 Å². The molecule has 322 valence electrons. The van der Waals surface area contributed by atoms with E-state index >= 15 is 0 Å². The Morgan fingerprint density at radius 1 is 0.379 bits per heavy atom. The highest BCUT2D eigenvalue weighted by Crippen LogP contribution is 2.10. The second kappa shape index (κ2) is 45.3. The molecule has 0 aliphatic carbocycles. The van der Waals surface area contributed by atoms with Gasteiger partial charge in [0.2, 0.25) is 0 Å². The van der Waals surface area contributed by atoms with Crippen LogP contribution in [0, 0.1) is 0 Å². The molecule has 1 atom stereocenters. The maximum atomic E-state index is 12.7. The van der Waals surface area contributed by atoms with Gasteiger partial charge in [0.15, 0.2) is 6.10 Å². The molecule has 0 amide bonds. The number of carbonyl (C=O) groups is 3. The smallest absolute Gasteiger partial charge is 0.306 e. The van der Waals surface area contributed by atoms with Crippen molar-refractivity contribution in [3.63, 3.8) is 0 Å². The first-order chi connectivity index (χ1) is 28.5. The van der Waals surface area contributed by atoms with Crippen LogP contribution in [0.15, 0.2) is 134 Å². The zero-order valence-corrected chi connectivity index (χ0v) is 36.5. The minimum absolute atomic E-state index is 0.137. The lowest BCUT2D eigenvalue weighted by Crippen LogP contribution is -2.30. The molecule has 0 saturated carbocycles. The summed E-state index contributed by atoms with van der Waals surface area (Å²) < 4.78 is 16.6. The highest BCUT2D eigenvalue weighted by Gasteiger charge is 2.19. The van der Waals surface area contributed by atoms with Crippen LogP contribution < -0.4 is 0 Å². The first-order valence-electron chi connectivity index (χ1n) is 22.3. The maximum Gasteiger partial charge on any atom is 0.306 e. The van der Waals surface area contributed by atoms with Crippen LogP contribution in [-0.4, -0.2) is 37.2 Å². The lowest BCUT2D eigenvalue weighted by atomic mass is 10.1. The predicted molar refractivity (Wildman–Crippen MR) is 246 cm³/mol. The topological polar surface area (TPSA) is 78.9 Å². The summed E-state index contributed by atoms with van der Waals surface area (Å²) in [6.07, 6.45) is 63.0. The van der Waals surface area contributed by atoms with Gasteiger partial charge in [0.25, 0.3) is 0 Å². The zero-order chi connectivity index (χ0) is 42.3. The average molecular weight is 799 g/mol. The number of esters is 3. The molecule has 58 heavy (non-hydrogen) atoms. The highest BCUT2D eigenvalue weighted by molar-refractivity contribution is 5.71. The van der Waals surface area contributed by atoms with Gasteiger partial charge < -0.3 is 14.2 Å². The monoisotopic (exact) mass is 799 g/mol. The molecule has 0 aliphatic rings. The second-order valence-electron chi connectivity index (χ2n) is 14.0. The van der Waals surface area contributed by atoms with E-state index < -0.39 is 12.1 Å². The van der Waals surface area contributed by atoms with E-state index in [1.54, 1.807) is 0 Å². The fourth-order valence-corrected chi connectivity index (χ4v) is 5.20. The van der Waals surface area contributed by atoms with Crippen molar-refractivity contribution in [1.29, 1.82) is 0 Å². The molecule has 0 bridgehead atoms. The molecule has 0 fully saturated rings. The molecular weight excluding hydrogens is 721 g/mol. The van der Waals surface area contributed by atoms with Crippen LogP contribution in [0.5, 0.6) is 0 Å². The van der Waals surface area contributed by atoms with Crippen LogP contribution in [0.2, 0.25) is 0 Å². The molecule has 0 spiro atoms. The fourth-order valence-electron chi connectivity index (χ4n) is 5.20. The number of allylic oxidation sites excluding steroid dienone is 22. The van der Waals surface area contributed by atoms with Gasteiger partial charge in [-0.25, -0.2) is 0 Å². The van der Waals surface area contributed by atoms with Gasteiger partial charge in [0.1, 0.15) is 13.2 Å². The Labute approximate surface area is 354 Å². The highest BCUT2D eigenvalue weighted by atomic mass is 16.6. The van der Waals surface area contributed by atoms with Gasteiger partial charge in [0, 0.05) is 19.3 Å². The van der Waals surface area contributed by atoms with E-state index in [2.05, 4.69) is 99.8 Å². The molecule has 0 rings (SSSR count). The SMILES string of the molecule is CC\C=C/C=C\C=C/C=C\C=C/CCCC(=O)OC(COC(=O)CCCCC/C=C\C=C/CCCC)COC(=O)CCCCC/C=C\C/C=C\C/C=C\C/C=C\CC. The third-order valence-corrected chi connectivity index (χ3v) is 8.53. The number of hydrogen-bond acceptors (Lipinski definition) is 6. The predicted octanol–water partition coefficient (Wildman–Crippen LogP) is 14.4. The van der Waals surface area contributed by atoms with E-state index in [1.165, 1.54) is 12.8 Å². The van der Waals surface area contributed by atoms with E-state index in [-0.39, 0.29) is 31.6 Å². The Kier molecular flexibility index (Phi) is 41.8. The van der Waals surface area contributed by atoms with Crippen molar-refractivity contribution in [3.05, 3.63) is 134 Å². The summed E-state index contributed by atoms with van der Waals surface area (Å²) in [5.41, 5.74) is 0.